The Labute approximate surface area is 192 Å². The number of hydrogen-bond donors (Lipinski definition) is 0. The van der Waals surface area contributed by atoms with Crippen molar-refractivity contribution >= 4 is 29.0 Å². The maximum atomic E-state index is 12.5. The van der Waals surface area contributed by atoms with Gasteiger partial charge in [0.2, 0.25) is 0 Å². The molecule has 4 rings (SSSR count). The van der Waals surface area contributed by atoms with E-state index in [4.69, 9.17) is 26.1 Å². The highest BCUT2D eigenvalue weighted by Gasteiger charge is 2.26. The molecule has 7 nitrogen and oxygen atoms in total. The van der Waals surface area contributed by atoms with E-state index in [1.54, 1.807) is 16.2 Å². The van der Waals surface area contributed by atoms with Crippen LogP contribution < -0.4 is 4.74 Å². The van der Waals surface area contributed by atoms with E-state index in [1.165, 1.54) is 10.4 Å². The molecule has 2 aliphatic heterocycles. The first-order chi connectivity index (χ1) is 15.0. The van der Waals surface area contributed by atoms with Gasteiger partial charge in [0.05, 0.1) is 0 Å². The topological polar surface area (TPSA) is 54.5 Å². The minimum Gasteiger partial charge on any atom is -0.399 e. The van der Waals surface area contributed by atoms with Crippen LogP contribution in [0.5, 0.6) is 5.06 Å². The van der Waals surface area contributed by atoms with Crippen LogP contribution in [0.25, 0.3) is 0 Å². The number of carbonyl (C=O) groups is 1. The first kappa shape index (κ1) is 22.5. The Hall–Kier alpha value is -1.68. The zero-order chi connectivity index (χ0) is 21.8. The lowest BCUT2D eigenvalue weighted by Gasteiger charge is -2.31. The van der Waals surface area contributed by atoms with Crippen LogP contribution in [0.15, 0.2) is 30.3 Å². The predicted molar refractivity (Wildman–Crippen MR) is 120 cm³/mol. The second kappa shape index (κ2) is 10.3. The van der Waals surface area contributed by atoms with Gasteiger partial charge in [-0.25, -0.2) is 14.6 Å². The molecule has 1 atom stereocenters. The van der Waals surface area contributed by atoms with Crippen molar-refractivity contribution in [3.63, 3.8) is 0 Å². The normalized spacial score (nSPS) is 18.6. The van der Waals surface area contributed by atoms with Gasteiger partial charge >= 0.3 is 6.09 Å². The molecule has 0 aliphatic carbocycles. The molecule has 0 spiro atoms. The average Bonchev–Trinajstić information content (AvgIpc) is 3.16. The highest BCUT2D eigenvalue weighted by atomic mass is 35.5. The third-order valence-electron chi connectivity index (χ3n) is 5.72. The average molecular weight is 466 g/mol. The number of rotatable bonds is 6. The molecule has 0 bridgehead atoms. The molecule has 1 aromatic carbocycles. The molecule has 168 valence electrons. The highest BCUT2D eigenvalue weighted by molar-refractivity contribution is 7.14. The number of carbonyl (C=O) groups excluding carboxylic acids is 1. The minimum atomic E-state index is -0.256. The molecule has 0 unspecified atom stereocenters. The molecule has 3 heterocycles. The Morgan fingerprint density at radius 1 is 1.19 bits per heavy atom. The summed E-state index contributed by atoms with van der Waals surface area (Å²) in [4.78, 5) is 30.9. The SMILES string of the molecule is C[C@H](OOCc1ccccc1Cl)N1CCc2sc(OC(=O)N3CCN(C)CC3)cc2C1. The summed E-state index contributed by atoms with van der Waals surface area (Å²) in [5.41, 5.74) is 2.07. The first-order valence-electron chi connectivity index (χ1n) is 10.5. The largest absolute Gasteiger partial charge is 0.416 e. The molecule has 0 radical (unpaired) electrons. The quantitative estimate of drug-likeness (QED) is 0.474. The summed E-state index contributed by atoms with van der Waals surface area (Å²) in [7, 11) is 2.06. The van der Waals surface area contributed by atoms with Crippen molar-refractivity contribution in [1.82, 2.24) is 14.7 Å². The number of thiophene rings is 1. The van der Waals surface area contributed by atoms with Crippen molar-refractivity contribution in [2.75, 3.05) is 39.8 Å². The van der Waals surface area contributed by atoms with Crippen molar-refractivity contribution in [2.45, 2.75) is 32.7 Å². The van der Waals surface area contributed by atoms with E-state index in [-0.39, 0.29) is 12.3 Å². The molecule has 1 amide bonds. The van der Waals surface area contributed by atoms with E-state index in [1.807, 2.05) is 37.3 Å². The molecular weight excluding hydrogens is 438 g/mol. The fourth-order valence-electron chi connectivity index (χ4n) is 3.70. The van der Waals surface area contributed by atoms with E-state index in [9.17, 15) is 4.79 Å². The van der Waals surface area contributed by atoms with E-state index in [0.717, 1.165) is 38.2 Å². The molecule has 31 heavy (non-hydrogen) atoms. The number of amides is 1. The van der Waals surface area contributed by atoms with Crippen molar-refractivity contribution in [3.8, 4) is 5.06 Å². The number of likely N-dealkylation sites (N-methyl/N-ethyl adjacent to an activating group) is 1. The van der Waals surface area contributed by atoms with Crippen LogP contribution >= 0.6 is 22.9 Å². The number of ether oxygens (including phenoxy) is 1. The Kier molecular flexibility index (Phi) is 7.47. The standard InChI is InChI=1S/C22H28ClN3O4S/c1-16(30-28-15-17-5-3-4-6-19(17)23)26-8-7-20-18(14-26)13-21(31-20)29-22(27)25-11-9-24(2)10-12-25/h3-6,13,16H,7-12,14-15H2,1-2H3/t16-/m0/s1. The van der Waals surface area contributed by atoms with Crippen LogP contribution in [-0.4, -0.2) is 66.8 Å². The lowest BCUT2D eigenvalue weighted by molar-refractivity contribution is -0.356. The molecule has 1 aromatic heterocycles. The van der Waals surface area contributed by atoms with Gasteiger partial charge in [-0.15, -0.1) is 11.3 Å². The fourth-order valence-corrected chi connectivity index (χ4v) is 4.90. The van der Waals surface area contributed by atoms with Crippen molar-refractivity contribution < 1.29 is 19.3 Å². The lowest BCUT2D eigenvalue weighted by Crippen LogP contribution is -2.48. The molecule has 2 aliphatic rings. The fraction of sp³-hybridized carbons (Fsp3) is 0.500. The smallest absolute Gasteiger partial charge is 0.399 e. The summed E-state index contributed by atoms with van der Waals surface area (Å²) in [6.07, 6.45) is 0.435. The molecule has 2 aromatic rings. The summed E-state index contributed by atoms with van der Waals surface area (Å²) < 4.78 is 5.66. The second-order valence-electron chi connectivity index (χ2n) is 7.94. The lowest BCUT2D eigenvalue weighted by atomic mass is 10.1. The number of fused-ring (bicyclic) bond motifs is 1. The van der Waals surface area contributed by atoms with Crippen LogP contribution in [-0.2, 0) is 29.3 Å². The van der Waals surface area contributed by atoms with E-state index < -0.39 is 0 Å². The van der Waals surface area contributed by atoms with Crippen molar-refractivity contribution in [3.05, 3.63) is 51.4 Å². The Balaban J connectivity index is 1.27. The van der Waals surface area contributed by atoms with Gasteiger partial charge < -0.3 is 14.5 Å². The van der Waals surface area contributed by atoms with Crippen LogP contribution in [0.2, 0.25) is 5.02 Å². The molecule has 0 N–H and O–H groups in total. The predicted octanol–water partition coefficient (Wildman–Crippen LogP) is 4.00. The van der Waals surface area contributed by atoms with Gasteiger partial charge in [-0.05, 0) is 43.7 Å². The van der Waals surface area contributed by atoms with Gasteiger partial charge in [-0.1, -0.05) is 29.8 Å². The maximum Gasteiger partial charge on any atom is 0.416 e. The zero-order valence-corrected chi connectivity index (χ0v) is 19.5. The van der Waals surface area contributed by atoms with Crippen LogP contribution in [0, 0.1) is 0 Å². The highest BCUT2D eigenvalue weighted by Crippen LogP contribution is 2.34. The Bertz CT molecular complexity index is 901. The molecule has 1 saturated heterocycles. The summed E-state index contributed by atoms with van der Waals surface area (Å²) in [6.45, 7) is 7.02. The van der Waals surface area contributed by atoms with Gasteiger partial charge in [-0.2, -0.15) is 0 Å². The molecule has 9 heteroatoms. The van der Waals surface area contributed by atoms with Crippen molar-refractivity contribution in [1.29, 1.82) is 0 Å². The number of halogens is 1. The summed E-state index contributed by atoms with van der Waals surface area (Å²) in [5.74, 6) is 0. The van der Waals surface area contributed by atoms with Gasteiger partial charge in [-0.3, -0.25) is 4.90 Å². The molecule has 1 fully saturated rings. The van der Waals surface area contributed by atoms with E-state index in [2.05, 4.69) is 16.8 Å². The summed E-state index contributed by atoms with van der Waals surface area (Å²) in [5, 5.41) is 1.33. The van der Waals surface area contributed by atoms with Crippen LogP contribution in [0.3, 0.4) is 0 Å². The van der Waals surface area contributed by atoms with E-state index in [0.29, 0.717) is 29.8 Å². The monoisotopic (exact) mass is 465 g/mol. The van der Waals surface area contributed by atoms with E-state index >= 15 is 0 Å². The number of benzene rings is 1. The Morgan fingerprint density at radius 3 is 2.74 bits per heavy atom. The first-order valence-corrected chi connectivity index (χ1v) is 11.7. The van der Waals surface area contributed by atoms with Crippen LogP contribution in [0.1, 0.15) is 22.9 Å². The van der Waals surface area contributed by atoms with Gasteiger partial charge in [0.25, 0.3) is 0 Å². The Morgan fingerprint density at radius 2 is 1.97 bits per heavy atom. The van der Waals surface area contributed by atoms with Gasteiger partial charge in [0.1, 0.15) is 12.8 Å². The minimum absolute atomic E-state index is 0.202. The third-order valence-corrected chi connectivity index (χ3v) is 7.20. The molecular formula is C22H28ClN3O4S. The second-order valence-corrected chi connectivity index (χ2v) is 9.45. The van der Waals surface area contributed by atoms with Gasteiger partial charge in [0.15, 0.2) is 5.06 Å². The van der Waals surface area contributed by atoms with Gasteiger partial charge in [0, 0.05) is 49.2 Å². The third kappa shape index (κ3) is 5.77. The summed E-state index contributed by atoms with van der Waals surface area (Å²) in [6, 6.07) is 9.54. The number of nitrogens with zero attached hydrogens (tertiary/aromatic N) is 3. The van der Waals surface area contributed by atoms with Crippen molar-refractivity contribution in [2.24, 2.45) is 0 Å². The zero-order valence-electron chi connectivity index (χ0n) is 17.9. The number of hydrogen-bond acceptors (Lipinski definition) is 7. The molecule has 0 saturated carbocycles. The summed E-state index contributed by atoms with van der Waals surface area (Å²) >= 11 is 7.72. The van der Waals surface area contributed by atoms with Crippen LogP contribution in [0.4, 0.5) is 4.79 Å². The number of piperazine rings is 1. The maximum absolute atomic E-state index is 12.5.